The third kappa shape index (κ3) is 4.24. The number of hydrogen-bond acceptors (Lipinski definition) is 5. The van der Waals surface area contributed by atoms with Crippen molar-refractivity contribution in [3.05, 3.63) is 59.6 Å². The third-order valence-electron chi connectivity index (χ3n) is 6.48. The van der Waals surface area contributed by atoms with Crippen LogP contribution in [0.4, 0.5) is 14.7 Å². The molecule has 1 atom stereocenters. The van der Waals surface area contributed by atoms with Gasteiger partial charge in [-0.3, -0.25) is 9.58 Å². The molecule has 5 rings (SSSR count). The summed E-state index contributed by atoms with van der Waals surface area (Å²) in [5, 5.41) is 4.79. The zero-order valence-electron chi connectivity index (χ0n) is 18.3. The van der Waals surface area contributed by atoms with Crippen molar-refractivity contribution < 1.29 is 8.78 Å². The number of rotatable bonds is 5. The van der Waals surface area contributed by atoms with E-state index < -0.39 is 11.6 Å². The smallest absolute Gasteiger partial charge is 0.225 e. The first-order chi connectivity index (χ1) is 15.6. The highest BCUT2D eigenvalue weighted by atomic mass is 19.2. The van der Waals surface area contributed by atoms with Crippen molar-refractivity contribution in [1.82, 2.24) is 24.6 Å². The molecule has 0 spiro atoms. The van der Waals surface area contributed by atoms with Crippen molar-refractivity contribution in [3.63, 3.8) is 0 Å². The number of anilines is 1. The summed E-state index contributed by atoms with van der Waals surface area (Å²) in [6.45, 7) is 4.01. The minimum atomic E-state index is -0.791. The number of likely N-dealkylation sites (tertiary alicyclic amines) is 1. The van der Waals surface area contributed by atoms with E-state index in [9.17, 15) is 8.78 Å². The Hall–Kier alpha value is -2.87. The van der Waals surface area contributed by atoms with Gasteiger partial charge in [0.1, 0.15) is 0 Å². The van der Waals surface area contributed by atoms with Gasteiger partial charge in [-0.15, -0.1) is 0 Å². The molecule has 168 valence electrons. The van der Waals surface area contributed by atoms with Crippen LogP contribution >= 0.6 is 0 Å². The lowest BCUT2D eigenvalue weighted by molar-refractivity contribution is 0.195. The van der Waals surface area contributed by atoms with Gasteiger partial charge >= 0.3 is 0 Å². The minimum absolute atomic E-state index is 0.210. The van der Waals surface area contributed by atoms with Gasteiger partial charge in [0.25, 0.3) is 0 Å². The van der Waals surface area contributed by atoms with Gasteiger partial charge < -0.3 is 4.90 Å². The fourth-order valence-corrected chi connectivity index (χ4v) is 4.91. The van der Waals surface area contributed by atoms with Crippen LogP contribution in [0.5, 0.6) is 0 Å². The fraction of sp³-hybridized carbons (Fsp3) is 0.458. The van der Waals surface area contributed by atoms with Gasteiger partial charge in [-0.05, 0) is 44.4 Å². The molecule has 0 radical (unpaired) electrons. The molecule has 1 unspecified atom stereocenters. The van der Waals surface area contributed by atoms with E-state index >= 15 is 0 Å². The molecule has 32 heavy (non-hydrogen) atoms. The maximum absolute atomic E-state index is 14.2. The van der Waals surface area contributed by atoms with Crippen LogP contribution in [-0.4, -0.2) is 50.8 Å². The molecule has 2 aliphatic rings. The van der Waals surface area contributed by atoms with Gasteiger partial charge in [0, 0.05) is 62.7 Å². The lowest BCUT2D eigenvalue weighted by Crippen LogP contribution is -2.34. The Bertz CT molecular complexity index is 1090. The highest BCUT2D eigenvalue weighted by Gasteiger charge is 2.28. The lowest BCUT2D eigenvalue weighted by atomic mass is 9.91. The van der Waals surface area contributed by atoms with Crippen LogP contribution in [0.2, 0.25) is 0 Å². The summed E-state index contributed by atoms with van der Waals surface area (Å²) in [4.78, 5) is 13.8. The van der Waals surface area contributed by atoms with Crippen LogP contribution < -0.4 is 4.90 Å². The average Bonchev–Trinajstić information content (AvgIpc) is 3.47. The van der Waals surface area contributed by atoms with Gasteiger partial charge in [-0.2, -0.15) is 5.10 Å². The Morgan fingerprint density at radius 1 is 1.06 bits per heavy atom. The molecule has 6 nitrogen and oxygen atoms in total. The van der Waals surface area contributed by atoms with Crippen LogP contribution in [0.15, 0.2) is 36.7 Å². The van der Waals surface area contributed by atoms with E-state index in [4.69, 9.17) is 10.1 Å². The zero-order valence-corrected chi connectivity index (χ0v) is 18.3. The van der Waals surface area contributed by atoms with Crippen LogP contribution in [0.3, 0.4) is 0 Å². The van der Waals surface area contributed by atoms with Gasteiger partial charge in [0.05, 0.1) is 11.4 Å². The largest absolute Gasteiger partial charge is 0.341 e. The normalized spacial score (nSPS) is 19.6. The minimum Gasteiger partial charge on any atom is -0.341 e. The number of halogens is 2. The Kier molecular flexibility index (Phi) is 5.87. The molecular formula is C24H28F2N6. The Morgan fingerprint density at radius 3 is 2.75 bits per heavy atom. The summed E-state index contributed by atoms with van der Waals surface area (Å²) < 4.78 is 29.7. The van der Waals surface area contributed by atoms with Crippen molar-refractivity contribution in [1.29, 1.82) is 0 Å². The van der Waals surface area contributed by atoms with Crippen LogP contribution in [0.1, 0.15) is 42.9 Å². The maximum Gasteiger partial charge on any atom is 0.225 e. The molecule has 3 aromatic rings. The molecule has 2 aliphatic heterocycles. The summed E-state index contributed by atoms with van der Waals surface area (Å²) in [7, 11) is 1.93. The first-order valence-corrected chi connectivity index (χ1v) is 11.4. The quantitative estimate of drug-likeness (QED) is 0.599. The Balaban J connectivity index is 1.38. The van der Waals surface area contributed by atoms with Crippen molar-refractivity contribution in [2.24, 2.45) is 7.05 Å². The molecule has 8 heteroatoms. The number of piperidine rings is 1. The van der Waals surface area contributed by atoms with Crippen molar-refractivity contribution >= 4 is 5.95 Å². The van der Waals surface area contributed by atoms with Gasteiger partial charge in [-0.1, -0.05) is 12.1 Å². The third-order valence-corrected chi connectivity index (χ3v) is 6.48. The molecule has 2 fully saturated rings. The maximum atomic E-state index is 14.2. The van der Waals surface area contributed by atoms with Gasteiger partial charge in [0.15, 0.2) is 11.6 Å². The molecule has 0 amide bonds. The first kappa shape index (κ1) is 21.0. The van der Waals surface area contributed by atoms with E-state index in [1.54, 1.807) is 12.1 Å². The molecule has 2 saturated heterocycles. The summed E-state index contributed by atoms with van der Waals surface area (Å²) in [5.74, 6) is -0.548. The summed E-state index contributed by atoms with van der Waals surface area (Å²) in [6, 6.07) is 6.34. The predicted octanol–water partition coefficient (Wildman–Crippen LogP) is 4.14. The lowest BCUT2D eigenvalue weighted by Gasteiger charge is -2.32. The second kappa shape index (κ2) is 8.94. The molecular weight excluding hydrogens is 410 g/mol. The first-order valence-electron chi connectivity index (χ1n) is 11.4. The number of benzene rings is 1. The Labute approximate surface area is 186 Å². The number of aryl methyl sites for hydroxylation is 1. The zero-order chi connectivity index (χ0) is 22.1. The summed E-state index contributed by atoms with van der Waals surface area (Å²) in [5.41, 5.74) is 3.33. The van der Waals surface area contributed by atoms with Crippen molar-refractivity contribution in [2.45, 2.75) is 38.1 Å². The van der Waals surface area contributed by atoms with Crippen molar-refractivity contribution in [3.8, 4) is 11.3 Å². The van der Waals surface area contributed by atoms with E-state index in [1.807, 2.05) is 30.2 Å². The highest BCUT2D eigenvalue weighted by Crippen LogP contribution is 2.34. The van der Waals surface area contributed by atoms with E-state index in [2.05, 4.69) is 14.8 Å². The van der Waals surface area contributed by atoms with Crippen LogP contribution in [0.25, 0.3) is 11.3 Å². The summed E-state index contributed by atoms with van der Waals surface area (Å²) >= 11 is 0. The SMILES string of the molecule is Cn1cc(-c2ccnc(N3CCCC3)n2)c(C2CCCN(Cc3cccc(F)c3F)C2)n1. The van der Waals surface area contributed by atoms with Crippen LogP contribution in [0, 0.1) is 11.6 Å². The van der Waals surface area contributed by atoms with Gasteiger partial charge in [0.2, 0.25) is 5.95 Å². The topological polar surface area (TPSA) is 50.1 Å². The molecule has 0 saturated carbocycles. The Morgan fingerprint density at radius 2 is 1.91 bits per heavy atom. The number of nitrogens with zero attached hydrogens (tertiary/aromatic N) is 6. The van der Waals surface area contributed by atoms with E-state index in [1.165, 1.54) is 12.8 Å². The number of aromatic nitrogens is 4. The molecule has 0 N–H and O–H groups in total. The summed E-state index contributed by atoms with van der Waals surface area (Å²) in [6.07, 6.45) is 8.20. The van der Waals surface area contributed by atoms with E-state index in [0.717, 1.165) is 68.0 Å². The predicted molar refractivity (Wildman–Crippen MR) is 119 cm³/mol. The highest BCUT2D eigenvalue weighted by molar-refractivity contribution is 5.63. The second-order valence-corrected chi connectivity index (χ2v) is 8.82. The average molecular weight is 439 g/mol. The number of hydrogen-bond donors (Lipinski definition) is 0. The van der Waals surface area contributed by atoms with E-state index in [0.29, 0.717) is 12.1 Å². The monoisotopic (exact) mass is 438 g/mol. The molecule has 1 aromatic carbocycles. The standard InChI is InChI=1S/C24H28F2N6/c1-30-16-19(21-9-10-27-24(28-21)32-12-2-3-13-32)23(29-30)18-7-5-11-31(15-18)14-17-6-4-8-20(25)22(17)26/h4,6,8-10,16,18H,2-3,5,7,11-15H2,1H3. The second-order valence-electron chi connectivity index (χ2n) is 8.82. The molecule has 4 heterocycles. The van der Waals surface area contributed by atoms with Crippen LogP contribution in [-0.2, 0) is 13.6 Å². The van der Waals surface area contributed by atoms with E-state index in [-0.39, 0.29) is 5.92 Å². The molecule has 0 aliphatic carbocycles. The van der Waals surface area contributed by atoms with Gasteiger partial charge in [-0.25, -0.2) is 18.7 Å². The fourth-order valence-electron chi connectivity index (χ4n) is 4.91. The molecule has 2 aromatic heterocycles. The molecule has 0 bridgehead atoms. The van der Waals surface area contributed by atoms with Crippen molar-refractivity contribution in [2.75, 3.05) is 31.1 Å².